The molecule has 0 rings (SSSR count). The molecule has 0 amide bonds. The first-order chi connectivity index (χ1) is 1.41. The minimum atomic E-state index is 0. The van der Waals surface area contributed by atoms with Crippen LogP contribution in [0, 0.1) is 6.92 Å². The van der Waals surface area contributed by atoms with Crippen LogP contribution < -0.4 is 18.9 Å². The summed E-state index contributed by atoms with van der Waals surface area (Å²) >= 11 is 0. The molecule has 0 saturated carbocycles. The van der Waals surface area contributed by atoms with Gasteiger partial charge in [0.05, 0.1) is 0 Å². The predicted molar refractivity (Wildman–Crippen MR) is 19.2 cm³/mol. The molecule has 2 heteroatoms. The Morgan fingerprint density at radius 1 is 1.60 bits per heavy atom. The van der Waals surface area contributed by atoms with Gasteiger partial charge in [-0.3, -0.25) is 0 Å². The van der Waals surface area contributed by atoms with Crippen molar-refractivity contribution in [1.29, 1.82) is 0 Å². The monoisotopic (exact) mass is 66.1 g/mol. The van der Waals surface area contributed by atoms with Gasteiger partial charge in [0.15, 0.2) is 0 Å². The van der Waals surface area contributed by atoms with E-state index in [-0.39, 0.29) is 24.3 Å². The van der Waals surface area contributed by atoms with Crippen molar-refractivity contribution in [2.45, 2.75) is 0 Å². The second-order valence-corrected chi connectivity index (χ2v) is 0.289. The summed E-state index contributed by atoms with van der Waals surface area (Å²) in [5.74, 6) is 0. The van der Waals surface area contributed by atoms with E-state index in [0.29, 0.717) is 0 Å². The molecule has 1 nitrogen and oxygen atoms in total. The second-order valence-electron chi connectivity index (χ2n) is 0.289. The van der Waals surface area contributed by atoms with Crippen molar-refractivity contribution in [3.05, 3.63) is 19.6 Å². The molecule has 0 aromatic heterocycles. The largest absolute Gasteiger partial charge is 1.00 e. The van der Waals surface area contributed by atoms with Crippen LogP contribution >= 0.6 is 0 Å². The van der Waals surface area contributed by atoms with E-state index in [1.54, 1.807) is 0 Å². The van der Waals surface area contributed by atoms with Crippen molar-refractivity contribution in [2.24, 2.45) is 0 Å². The zero-order chi connectivity index (χ0) is 2.71. The van der Waals surface area contributed by atoms with Crippen molar-refractivity contribution in [1.82, 2.24) is 0 Å². The minimum Gasteiger partial charge on any atom is -0.412 e. The maximum Gasteiger partial charge on any atom is 1.00 e. The van der Waals surface area contributed by atoms with E-state index in [0.717, 1.165) is 0 Å². The van der Waals surface area contributed by atoms with Crippen LogP contribution in [-0.2, 0) is 0 Å². The molecular formula is C3H7LiO. The molecule has 5 heavy (non-hydrogen) atoms. The topological polar surface area (TPSA) is 31.5 Å². The molecule has 0 aliphatic rings. The Morgan fingerprint density at radius 3 is 1.60 bits per heavy atom. The van der Waals surface area contributed by atoms with Crippen LogP contribution in [0.5, 0.6) is 0 Å². The Kier molecular flexibility index (Phi) is 117. The molecule has 2 N–H and O–H groups in total. The Hall–Kier alpha value is 0.167. The molecule has 0 aromatic carbocycles. The molecule has 0 bridgehead atoms. The summed E-state index contributed by atoms with van der Waals surface area (Å²) in [6.45, 7) is 6.50. The molecule has 0 fully saturated rings. The van der Waals surface area contributed by atoms with Gasteiger partial charge in [0, 0.05) is 0 Å². The fourth-order valence-electron chi connectivity index (χ4n) is 0. The van der Waals surface area contributed by atoms with Gasteiger partial charge in [-0.1, -0.05) is 0 Å². The van der Waals surface area contributed by atoms with Crippen molar-refractivity contribution in [2.75, 3.05) is 0 Å². The van der Waals surface area contributed by atoms with E-state index in [1.807, 2.05) is 0 Å². The number of rotatable bonds is 0. The Morgan fingerprint density at radius 2 is 1.60 bits per heavy atom. The fraction of sp³-hybridized carbons (Fsp3) is 0. The van der Waals surface area contributed by atoms with Gasteiger partial charge in [0.25, 0.3) is 0 Å². The standard InChI is InChI=1S/C3H5.Li.H2O/c1-3-2;;/h3H,1-2H2;;1H2/q-1;+1;. The predicted octanol–water partition coefficient (Wildman–Crippen LogP) is -2.81. The van der Waals surface area contributed by atoms with Crippen LogP contribution in [0.4, 0.5) is 0 Å². The Bertz CT molecular complexity index is 14.4. The summed E-state index contributed by atoms with van der Waals surface area (Å²) in [7, 11) is 0. The Balaban J connectivity index is -0.0000000200. The van der Waals surface area contributed by atoms with E-state index >= 15 is 0 Å². The summed E-state index contributed by atoms with van der Waals surface area (Å²) in [4.78, 5) is 0. The first-order valence-electron chi connectivity index (χ1n) is 0.816. The SMILES string of the molecule is C=C[CH2-].O.[Li+]. The van der Waals surface area contributed by atoms with Gasteiger partial charge < -0.3 is 5.48 Å². The van der Waals surface area contributed by atoms with Crippen molar-refractivity contribution in [3.8, 4) is 0 Å². The van der Waals surface area contributed by atoms with Crippen LogP contribution in [0.2, 0.25) is 0 Å². The van der Waals surface area contributed by atoms with Crippen LogP contribution in [-0.4, -0.2) is 5.48 Å². The van der Waals surface area contributed by atoms with Gasteiger partial charge in [-0.05, 0) is 0 Å². The van der Waals surface area contributed by atoms with Gasteiger partial charge in [-0.15, -0.1) is 0 Å². The molecule has 26 valence electrons. The van der Waals surface area contributed by atoms with Gasteiger partial charge >= 0.3 is 18.9 Å². The zero-order valence-electron chi connectivity index (χ0n) is 3.49. The quantitative estimate of drug-likeness (QED) is 0.216. The summed E-state index contributed by atoms with van der Waals surface area (Å²) in [6, 6.07) is 0. The van der Waals surface area contributed by atoms with E-state index in [4.69, 9.17) is 0 Å². The molecule has 0 unspecified atom stereocenters. The average molecular weight is 66.0 g/mol. The summed E-state index contributed by atoms with van der Waals surface area (Å²) in [5.41, 5.74) is 0. The first-order valence-corrected chi connectivity index (χ1v) is 0.816. The van der Waals surface area contributed by atoms with Gasteiger partial charge in [0.1, 0.15) is 0 Å². The molecule has 0 aliphatic heterocycles. The molecule has 0 aromatic rings. The van der Waals surface area contributed by atoms with Crippen molar-refractivity contribution < 1.29 is 24.3 Å². The average Bonchev–Trinajstić information content (AvgIpc) is 0.918. The molecule has 0 aliphatic carbocycles. The molecule has 0 atom stereocenters. The maximum atomic E-state index is 3.25. The van der Waals surface area contributed by atoms with Crippen LogP contribution in [0.25, 0.3) is 0 Å². The number of hydrogen-bond donors (Lipinski definition) is 0. The molecule has 0 saturated heterocycles. The summed E-state index contributed by atoms with van der Waals surface area (Å²) < 4.78 is 0. The minimum absolute atomic E-state index is 0. The molecule has 0 spiro atoms. The summed E-state index contributed by atoms with van der Waals surface area (Å²) in [6.07, 6.45) is 1.50. The number of allylic oxidation sites excluding steroid dienone is 1. The third-order valence-electron chi connectivity index (χ3n) is 0. The van der Waals surface area contributed by atoms with E-state index in [2.05, 4.69) is 13.5 Å². The molecule has 0 radical (unpaired) electrons. The second kappa shape index (κ2) is 30.7. The van der Waals surface area contributed by atoms with Gasteiger partial charge in [-0.25, -0.2) is 19.6 Å². The van der Waals surface area contributed by atoms with Gasteiger partial charge in [-0.2, -0.15) is 0 Å². The summed E-state index contributed by atoms with van der Waals surface area (Å²) in [5, 5.41) is 0. The normalized spacial score (nSPS) is 2.40. The maximum absolute atomic E-state index is 3.25. The van der Waals surface area contributed by atoms with E-state index in [9.17, 15) is 0 Å². The van der Waals surface area contributed by atoms with E-state index in [1.165, 1.54) is 6.08 Å². The van der Waals surface area contributed by atoms with Crippen LogP contribution in [0.3, 0.4) is 0 Å². The smallest absolute Gasteiger partial charge is 0.412 e. The van der Waals surface area contributed by atoms with Gasteiger partial charge in [0.2, 0.25) is 0 Å². The third-order valence-corrected chi connectivity index (χ3v) is 0. The Labute approximate surface area is 44.6 Å². The molecule has 0 heterocycles. The first kappa shape index (κ1) is 19.1. The fourth-order valence-corrected chi connectivity index (χ4v) is 0. The van der Waals surface area contributed by atoms with E-state index < -0.39 is 0 Å². The number of hydrogen-bond acceptors (Lipinski definition) is 0. The van der Waals surface area contributed by atoms with Crippen molar-refractivity contribution >= 4 is 0 Å². The van der Waals surface area contributed by atoms with Crippen LogP contribution in [0.1, 0.15) is 0 Å². The zero-order valence-corrected chi connectivity index (χ0v) is 3.49. The third kappa shape index (κ3) is 699. The van der Waals surface area contributed by atoms with Crippen LogP contribution in [0.15, 0.2) is 12.7 Å². The molecular weight excluding hydrogens is 59.0 g/mol. The van der Waals surface area contributed by atoms with Crippen molar-refractivity contribution in [3.63, 3.8) is 0 Å².